The van der Waals surface area contributed by atoms with E-state index in [2.05, 4.69) is 51.1 Å². The lowest BCUT2D eigenvalue weighted by Crippen LogP contribution is -2.13. The Morgan fingerprint density at radius 1 is 0.931 bits per heavy atom. The fraction of sp³-hybridized carbons (Fsp3) is 0.538. The Bertz CT molecular complexity index is 765. The summed E-state index contributed by atoms with van der Waals surface area (Å²) < 4.78 is 39.1. The van der Waals surface area contributed by atoms with Crippen LogP contribution in [0.15, 0.2) is 54.6 Å². The van der Waals surface area contributed by atoms with Crippen LogP contribution in [-0.4, -0.2) is 0 Å². The summed E-state index contributed by atoms with van der Waals surface area (Å²) in [6.45, 7) is 6.62. The molecule has 0 saturated heterocycles. The molecule has 0 radical (unpaired) electrons. The molecule has 1 aliphatic carbocycles. The average Bonchev–Trinajstić information content (AvgIpc) is 3.10. The van der Waals surface area contributed by atoms with Crippen LogP contribution in [0.4, 0.5) is 13.2 Å². The van der Waals surface area contributed by atoms with Crippen molar-refractivity contribution < 1.29 is 13.2 Å². The first-order chi connectivity index (χ1) is 13.8. The van der Waals surface area contributed by atoms with Gasteiger partial charge in [-0.1, -0.05) is 75.7 Å². The minimum Gasteiger partial charge on any atom is -0.166 e. The van der Waals surface area contributed by atoms with Gasteiger partial charge in [0.2, 0.25) is 0 Å². The molecule has 5 atom stereocenters. The molecule has 3 rings (SSSR count). The predicted octanol–water partition coefficient (Wildman–Crippen LogP) is 8.45. The Labute approximate surface area is 173 Å². The summed E-state index contributed by atoms with van der Waals surface area (Å²) in [5.41, 5.74) is 1.72. The molecule has 0 amide bonds. The molecule has 0 aromatic heterocycles. The van der Waals surface area contributed by atoms with Gasteiger partial charge in [-0.05, 0) is 72.5 Å². The smallest absolute Gasteiger partial charge is 0.166 e. The number of halogens is 3. The first-order valence-electron chi connectivity index (χ1n) is 11.0. The number of rotatable bonds is 7. The number of benzene rings is 2. The fourth-order valence-corrected chi connectivity index (χ4v) is 5.37. The average molecular weight is 403 g/mol. The van der Waals surface area contributed by atoms with Gasteiger partial charge >= 0.3 is 6.18 Å². The highest BCUT2D eigenvalue weighted by atomic mass is 19.4. The van der Waals surface area contributed by atoms with Gasteiger partial charge in [0.15, 0.2) is 0 Å². The Morgan fingerprint density at radius 2 is 1.62 bits per heavy atom. The van der Waals surface area contributed by atoms with Gasteiger partial charge in [0.25, 0.3) is 0 Å². The molecule has 0 heterocycles. The number of hydrogen-bond donors (Lipinski definition) is 0. The minimum absolute atomic E-state index is 0.138. The van der Waals surface area contributed by atoms with Crippen molar-refractivity contribution in [3.8, 4) is 0 Å². The van der Waals surface area contributed by atoms with Crippen molar-refractivity contribution in [1.29, 1.82) is 0 Å². The van der Waals surface area contributed by atoms with Gasteiger partial charge in [0.05, 0.1) is 5.56 Å². The van der Waals surface area contributed by atoms with Crippen LogP contribution in [0.5, 0.6) is 0 Å². The van der Waals surface area contributed by atoms with Gasteiger partial charge in [0.1, 0.15) is 0 Å². The van der Waals surface area contributed by atoms with Gasteiger partial charge in [0, 0.05) is 0 Å². The van der Waals surface area contributed by atoms with Crippen molar-refractivity contribution in [3.63, 3.8) is 0 Å². The Morgan fingerprint density at radius 3 is 2.28 bits per heavy atom. The van der Waals surface area contributed by atoms with E-state index in [1.54, 1.807) is 0 Å². The molecule has 158 valence electrons. The molecule has 2 aromatic carbocycles. The zero-order valence-corrected chi connectivity index (χ0v) is 17.8. The van der Waals surface area contributed by atoms with E-state index in [1.165, 1.54) is 43.4 Å². The SMILES string of the molecule is CCC1CC(c2ccccc2)CC1CC(C)CC(C)c1cccc(C(F)(F)F)c1. The first kappa shape index (κ1) is 21.9. The van der Waals surface area contributed by atoms with Crippen molar-refractivity contribution in [1.82, 2.24) is 0 Å². The van der Waals surface area contributed by atoms with E-state index in [0.29, 0.717) is 17.8 Å². The fourth-order valence-electron chi connectivity index (χ4n) is 5.37. The van der Waals surface area contributed by atoms with Crippen LogP contribution in [-0.2, 0) is 6.18 Å². The second-order valence-corrected chi connectivity index (χ2v) is 9.11. The van der Waals surface area contributed by atoms with Gasteiger partial charge in [-0.15, -0.1) is 0 Å². The third-order valence-electron chi connectivity index (χ3n) is 6.88. The second-order valence-electron chi connectivity index (χ2n) is 9.11. The van der Waals surface area contributed by atoms with Crippen LogP contribution in [0.25, 0.3) is 0 Å². The lowest BCUT2D eigenvalue weighted by Gasteiger charge is -2.24. The second kappa shape index (κ2) is 9.36. The highest BCUT2D eigenvalue weighted by Gasteiger charge is 2.35. The number of hydrogen-bond acceptors (Lipinski definition) is 0. The lowest BCUT2D eigenvalue weighted by atomic mass is 9.81. The standard InChI is InChI=1S/C26H33F3/c1-4-20-15-24(21-9-6-5-7-10-21)16-23(20)14-18(2)13-19(3)22-11-8-12-25(17-22)26(27,28)29/h5-12,17-20,23-24H,4,13-16H2,1-3H3. The molecule has 1 aliphatic rings. The van der Waals surface area contributed by atoms with Crippen molar-refractivity contribution in [2.24, 2.45) is 17.8 Å². The van der Waals surface area contributed by atoms with E-state index < -0.39 is 11.7 Å². The molecule has 2 aromatic rings. The van der Waals surface area contributed by atoms with Crippen molar-refractivity contribution >= 4 is 0 Å². The molecule has 0 bridgehead atoms. The summed E-state index contributed by atoms with van der Waals surface area (Å²) >= 11 is 0. The molecule has 0 spiro atoms. The first-order valence-corrected chi connectivity index (χ1v) is 11.0. The van der Waals surface area contributed by atoms with E-state index in [9.17, 15) is 13.2 Å². The van der Waals surface area contributed by atoms with Gasteiger partial charge in [-0.25, -0.2) is 0 Å². The normalized spacial score (nSPS) is 24.4. The minimum atomic E-state index is -4.27. The zero-order chi connectivity index (χ0) is 21.0. The summed E-state index contributed by atoms with van der Waals surface area (Å²) in [4.78, 5) is 0. The van der Waals surface area contributed by atoms with Crippen molar-refractivity contribution in [3.05, 3.63) is 71.3 Å². The van der Waals surface area contributed by atoms with Crippen molar-refractivity contribution in [2.45, 2.75) is 70.9 Å². The van der Waals surface area contributed by atoms with E-state index in [0.717, 1.165) is 24.0 Å². The Kier molecular flexibility index (Phi) is 7.08. The molecule has 1 fully saturated rings. The zero-order valence-electron chi connectivity index (χ0n) is 17.8. The third kappa shape index (κ3) is 5.65. The van der Waals surface area contributed by atoms with Crippen LogP contribution in [0.3, 0.4) is 0 Å². The molecule has 0 nitrogen and oxygen atoms in total. The van der Waals surface area contributed by atoms with E-state index >= 15 is 0 Å². The summed E-state index contributed by atoms with van der Waals surface area (Å²) in [7, 11) is 0. The maximum absolute atomic E-state index is 13.0. The molecular weight excluding hydrogens is 369 g/mol. The maximum atomic E-state index is 13.0. The summed E-state index contributed by atoms with van der Waals surface area (Å²) in [6, 6.07) is 16.7. The molecule has 5 unspecified atom stereocenters. The monoisotopic (exact) mass is 402 g/mol. The summed E-state index contributed by atoms with van der Waals surface area (Å²) in [6.07, 6.45) is 1.55. The Hall–Kier alpha value is -1.77. The number of alkyl halides is 3. The molecule has 1 saturated carbocycles. The quantitative estimate of drug-likeness (QED) is 0.436. The largest absolute Gasteiger partial charge is 0.416 e. The van der Waals surface area contributed by atoms with E-state index in [-0.39, 0.29) is 5.92 Å². The molecule has 3 heteroatoms. The predicted molar refractivity (Wildman–Crippen MR) is 114 cm³/mol. The van der Waals surface area contributed by atoms with Crippen LogP contribution in [0.2, 0.25) is 0 Å². The molecule has 29 heavy (non-hydrogen) atoms. The highest BCUT2D eigenvalue weighted by molar-refractivity contribution is 5.28. The van der Waals surface area contributed by atoms with Gasteiger partial charge < -0.3 is 0 Å². The molecular formula is C26H33F3. The lowest BCUT2D eigenvalue weighted by molar-refractivity contribution is -0.137. The molecule has 0 aliphatic heterocycles. The molecule has 0 N–H and O–H groups in total. The topological polar surface area (TPSA) is 0 Å². The maximum Gasteiger partial charge on any atom is 0.416 e. The van der Waals surface area contributed by atoms with E-state index in [4.69, 9.17) is 0 Å². The van der Waals surface area contributed by atoms with E-state index in [1.807, 2.05) is 6.07 Å². The van der Waals surface area contributed by atoms with Crippen LogP contribution in [0, 0.1) is 17.8 Å². The third-order valence-corrected chi connectivity index (χ3v) is 6.88. The summed E-state index contributed by atoms with van der Waals surface area (Å²) in [5.74, 6) is 2.77. The van der Waals surface area contributed by atoms with Crippen LogP contribution >= 0.6 is 0 Å². The van der Waals surface area contributed by atoms with Crippen LogP contribution < -0.4 is 0 Å². The van der Waals surface area contributed by atoms with Crippen LogP contribution in [0.1, 0.15) is 81.4 Å². The van der Waals surface area contributed by atoms with Crippen molar-refractivity contribution in [2.75, 3.05) is 0 Å². The Balaban J connectivity index is 1.60. The van der Waals surface area contributed by atoms with Gasteiger partial charge in [-0.2, -0.15) is 13.2 Å². The van der Waals surface area contributed by atoms with Gasteiger partial charge in [-0.3, -0.25) is 0 Å². The summed E-state index contributed by atoms with van der Waals surface area (Å²) in [5, 5.41) is 0. The highest BCUT2D eigenvalue weighted by Crippen LogP contribution is 2.47.